The standard InChI is InChI=1S/C22H24ClN3O3/c1-5-14(3)24-20(27)15(4)25-19-12-16(23)9-10-18(19)21(28)26(22(25)29)17-8-6-7-13(2)11-17/h6-12,14-15H,5H2,1-4H3,(H,24,27)/t14-,15-/m1/s1. The third-order valence-electron chi connectivity index (χ3n) is 5.08. The van der Waals surface area contributed by atoms with Gasteiger partial charge in [0.05, 0.1) is 16.6 Å². The summed E-state index contributed by atoms with van der Waals surface area (Å²) in [6, 6.07) is 11.0. The van der Waals surface area contributed by atoms with Crippen molar-refractivity contribution in [1.29, 1.82) is 0 Å². The Morgan fingerprint density at radius 3 is 2.52 bits per heavy atom. The first-order chi connectivity index (χ1) is 13.7. The SMILES string of the molecule is CC[C@@H](C)NC(=O)[C@@H](C)n1c(=O)n(-c2cccc(C)c2)c(=O)c2ccc(Cl)cc21. The van der Waals surface area contributed by atoms with Crippen LogP contribution < -0.4 is 16.6 Å². The van der Waals surface area contributed by atoms with Crippen LogP contribution in [0.4, 0.5) is 0 Å². The number of carbonyl (C=O) groups is 1. The number of aromatic nitrogens is 2. The molecule has 0 unspecified atom stereocenters. The highest BCUT2D eigenvalue weighted by Gasteiger charge is 2.23. The maximum atomic E-state index is 13.4. The van der Waals surface area contributed by atoms with E-state index < -0.39 is 17.3 Å². The van der Waals surface area contributed by atoms with E-state index in [-0.39, 0.29) is 11.9 Å². The van der Waals surface area contributed by atoms with E-state index in [2.05, 4.69) is 5.32 Å². The van der Waals surface area contributed by atoms with E-state index >= 15 is 0 Å². The summed E-state index contributed by atoms with van der Waals surface area (Å²) in [5.74, 6) is -0.294. The first-order valence-electron chi connectivity index (χ1n) is 9.58. The molecule has 0 saturated heterocycles. The van der Waals surface area contributed by atoms with E-state index in [1.54, 1.807) is 43.3 Å². The Labute approximate surface area is 173 Å². The first-order valence-corrected chi connectivity index (χ1v) is 9.96. The molecular weight excluding hydrogens is 390 g/mol. The van der Waals surface area contributed by atoms with Crippen LogP contribution in [0.3, 0.4) is 0 Å². The summed E-state index contributed by atoms with van der Waals surface area (Å²) in [5.41, 5.74) is 0.683. The molecule has 2 atom stereocenters. The number of halogens is 1. The summed E-state index contributed by atoms with van der Waals surface area (Å²) in [5, 5.41) is 3.60. The molecule has 7 heteroatoms. The fourth-order valence-electron chi connectivity index (χ4n) is 3.25. The Morgan fingerprint density at radius 1 is 1.14 bits per heavy atom. The highest BCUT2D eigenvalue weighted by Crippen LogP contribution is 2.20. The summed E-state index contributed by atoms with van der Waals surface area (Å²) in [4.78, 5) is 39.4. The number of nitrogens with zero attached hydrogens (tertiary/aromatic N) is 2. The van der Waals surface area contributed by atoms with Crippen LogP contribution in [-0.4, -0.2) is 21.1 Å². The average molecular weight is 414 g/mol. The van der Waals surface area contributed by atoms with Crippen molar-refractivity contribution in [1.82, 2.24) is 14.5 Å². The van der Waals surface area contributed by atoms with Gasteiger partial charge in [0.1, 0.15) is 6.04 Å². The molecule has 0 aliphatic heterocycles. The monoisotopic (exact) mass is 413 g/mol. The highest BCUT2D eigenvalue weighted by atomic mass is 35.5. The normalized spacial score (nSPS) is 13.3. The minimum absolute atomic E-state index is 0.0295. The smallest absolute Gasteiger partial charge is 0.336 e. The van der Waals surface area contributed by atoms with E-state index in [9.17, 15) is 14.4 Å². The second kappa shape index (κ2) is 8.25. The van der Waals surface area contributed by atoms with Crippen LogP contribution in [0.15, 0.2) is 52.1 Å². The van der Waals surface area contributed by atoms with Gasteiger partial charge in [-0.3, -0.25) is 14.2 Å². The van der Waals surface area contributed by atoms with Crippen molar-refractivity contribution in [3.8, 4) is 5.69 Å². The predicted molar refractivity (Wildman–Crippen MR) is 116 cm³/mol. The zero-order valence-electron chi connectivity index (χ0n) is 16.9. The van der Waals surface area contributed by atoms with E-state index in [4.69, 9.17) is 11.6 Å². The summed E-state index contributed by atoms with van der Waals surface area (Å²) >= 11 is 6.14. The number of benzene rings is 2. The quantitative estimate of drug-likeness (QED) is 0.694. The molecule has 0 aliphatic rings. The summed E-state index contributed by atoms with van der Waals surface area (Å²) in [6.45, 7) is 7.39. The van der Waals surface area contributed by atoms with Gasteiger partial charge >= 0.3 is 5.69 Å². The summed E-state index contributed by atoms with van der Waals surface area (Å²) in [6.07, 6.45) is 0.767. The van der Waals surface area contributed by atoms with Gasteiger partial charge in [0.15, 0.2) is 0 Å². The molecule has 6 nitrogen and oxygen atoms in total. The Balaban J connectivity index is 2.33. The minimum Gasteiger partial charge on any atom is -0.352 e. The molecule has 2 aromatic carbocycles. The fraction of sp³-hybridized carbons (Fsp3) is 0.318. The topological polar surface area (TPSA) is 73.1 Å². The maximum Gasteiger partial charge on any atom is 0.336 e. The summed E-state index contributed by atoms with van der Waals surface area (Å²) < 4.78 is 2.44. The molecule has 1 heterocycles. The van der Waals surface area contributed by atoms with Crippen molar-refractivity contribution in [2.24, 2.45) is 0 Å². The number of hydrogen-bond acceptors (Lipinski definition) is 3. The van der Waals surface area contributed by atoms with Crippen molar-refractivity contribution in [2.45, 2.75) is 46.2 Å². The molecule has 0 saturated carbocycles. The van der Waals surface area contributed by atoms with Crippen molar-refractivity contribution in [3.05, 3.63) is 73.9 Å². The molecule has 0 bridgehead atoms. The molecule has 1 aromatic heterocycles. The molecule has 152 valence electrons. The Kier molecular flexibility index (Phi) is 5.94. The number of fused-ring (bicyclic) bond motifs is 1. The first kappa shape index (κ1) is 20.9. The van der Waals surface area contributed by atoms with Crippen LogP contribution in [0, 0.1) is 6.92 Å². The predicted octanol–water partition coefficient (Wildman–Crippen LogP) is 3.59. The van der Waals surface area contributed by atoms with Gasteiger partial charge in [-0.05, 0) is 63.1 Å². The summed E-state index contributed by atoms with van der Waals surface area (Å²) in [7, 11) is 0. The molecule has 3 aromatic rings. The van der Waals surface area contributed by atoms with Crippen LogP contribution in [-0.2, 0) is 4.79 Å². The van der Waals surface area contributed by atoms with Gasteiger partial charge in [-0.1, -0.05) is 30.7 Å². The number of rotatable bonds is 5. The Bertz CT molecular complexity index is 1200. The van der Waals surface area contributed by atoms with Gasteiger partial charge in [-0.25, -0.2) is 9.36 Å². The highest BCUT2D eigenvalue weighted by molar-refractivity contribution is 6.31. The van der Waals surface area contributed by atoms with Crippen molar-refractivity contribution in [3.63, 3.8) is 0 Å². The Hall–Kier alpha value is -2.86. The molecule has 0 radical (unpaired) electrons. The minimum atomic E-state index is -0.825. The second-order valence-electron chi connectivity index (χ2n) is 7.29. The lowest BCUT2D eigenvalue weighted by Crippen LogP contribution is -2.45. The van der Waals surface area contributed by atoms with Gasteiger partial charge < -0.3 is 5.32 Å². The van der Waals surface area contributed by atoms with Gasteiger partial charge in [-0.15, -0.1) is 0 Å². The second-order valence-corrected chi connectivity index (χ2v) is 7.72. The third kappa shape index (κ3) is 3.98. The van der Waals surface area contributed by atoms with Crippen LogP contribution in [0.2, 0.25) is 5.02 Å². The molecule has 29 heavy (non-hydrogen) atoms. The lowest BCUT2D eigenvalue weighted by molar-refractivity contribution is -0.124. The molecule has 0 fully saturated rings. The molecule has 0 aliphatic carbocycles. The van der Waals surface area contributed by atoms with Crippen LogP contribution in [0.25, 0.3) is 16.6 Å². The molecular formula is C22H24ClN3O3. The zero-order valence-corrected chi connectivity index (χ0v) is 17.7. The molecule has 3 rings (SSSR count). The lowest BCUT2D eigenvalue weighted by atomic mass is 10.1. The lowest BCUT2D eigenvalue weighted by Gasteiger charge is -2.21. The van der Waals surface area contributed by atoms with Crippen LogP contribution >= 0.6 is 11.6 Å². The van der Waals surface area contributed by atoms with Gasteiger partial charge in [0, 0.05) is 11.1 Å². The van der Waals surface area contributed by atoms with Crippen molar-refractivity contribution >= 4 is 28.4 Å². The third-order valence-corrected chi connectivity index (χ3v) is 5.31. The van der Waals surface area contributed by atoms with E-state index in [0.29, 0.717) is 21.6 Å². The van der Waals surface area contributed by atoms with E-state index in [1.807, 2.05) is 26.8 Å². The number of amides is 1. The van der Waals surface area contributed by atoms with E-state index in [1.165, 1.54) is 4.57 Å². The molecule has 1 amide bonds. The maximum absolute atomic E-state index is 13.4. The largest absolute Gasteiger partial charge is 0.352 e. The number of carbonyl (C=O) groups excluding carboxylic acids is 1. The van der Waals surface area contributed by atoms with Gasteiger partial charge in [-0.2, -0.15) is 0 Å². The molecule has 0 spiro atoms. The number of hydrogen-bond donors (Lipinski definition) is 1. The van der Waals surface area contributed by atoms with Crippen molar-refractivity contribution in [2.75, 3.05) is 0 Å². The van der Waals surface area contributed by atoms with E-state index in [0.717, 1.165) is 16.6 Å². The van der Waals surface area contributed by atoms with Gasteiger partial charge in [0.2, 0.25) is 5.91 Å². The van der Waals surface area contributed by atoms with Crippen LogP contribution in [0.5, 0.6) is 0 Å². The van der Waals surface area contributed by atoms with Crippen molar-refractivity contribution < 1.29 is 4.79 Å². The fourth-order valence-corrected chi connectivity index (χ4v) is 3.42. The average Bonchev–Trinajstić information content (AvgIpc) is 2.67. The zero-order chi connectivity index (χ0) is 21.3. The number of aryl methyl sites for hydroxylation is 1. The van der Waals surface area contributed by atoms with Gasteiger partial charge in [0.25, 0.3) is 5.56 Å². The molecule has 1 N–H and O–H groups in total. The number of nitrogens with one attached hydrogen (secondary N) is 1. The Morgan fingerprint density at radius 2 is 1.86 bits per heavy atom. The van der Waals surface area contributed by atoms with Crippen LogP contribution in [0.1, 0.15) is 38.8 Å².